The third-order valence-corrected chi connectivity index (χ3v) is 1.67. The molecule has 0 spiro atoms. The maximum Gasteiger partial charge on any atom is 0.0701 e. The molecule has 0 aliphatic carbocycles. The van der Waals surface area contributed by atoms with E-state index in [0.717, 1.165) is 12.2 Å². The molecular formula is C9H16N2O2. The molecule has 13 heavy (non-hydrogen) atoms. The van der Waals surface area contributed by atoms with Crippen LogP contribution in [0.4, 0.5) is 0 Å². The zero-order valence-electron chi connectivity index (χ0n) is 8.19. The van der Waals surface area contributed by atoms with Gasteiger partial charge in [0.25, 0.3) is 0 Å². The Hall–Kier alpha value is -0.870. The molecule has 0 fully saturated rings. The first-order chi connectivity index (χ1) is 6.33. The largest absolute Gasteiger partial charge is 0.382 e. The molecule has 1 aromatic rings. The van der Waals surface area contributed by atoms with Gasteiger partial charge in [-0.3, -0.25) is 4.68 Å². The number of aryl methyl sites for hydroxylation is 1. The average Bonchev–Trinajstić information content (AvgIpc) is 2.51. The molecule has 0 bridgehead atoms. The lowest BCUT2D eigenvalue weighted by Crippen LogP contribution is -2.09. The highest BCUT2D eigenvalue weighted by Gasteiger charge is 1.93. The lowest BCUT2D eigenvalue weighted by Gasteiger charge is -2.03. The van der Waals surface area contributed by atoms with Gasteiger partial charge in [0.15, 0.2) is 0 Å². The molecule has 0 aliphatic heterocycles. The Kier molecular flexibility index (Phi) is 4.49. The van der Waals surface area contributed by atoms with Gasteiger partial charge in [0.05, 0.1) is 32.1 Å². The highest BCUT2D eigenvalue weighted by molar-refractivity contribution is 4.94. The van der Waals surface area contributed by atoms with Crippen LogP contribution in [0.1, 0.15) is 5.69 Å². The first-order valence-electron chi connectivity index (χ1n) is 4.39. The number of hydrogen-bond donors (Lipinski definition) is 0. The molecule has 74 valence electrons. The summed E-state index contributed by atoms with van der Waals surface area (Å²) >= 11 is 0. The van der Waals surface area contributed by atoms with Gasteiger partial charge in [0.1, 0.15) is 0 Å². The van der Waals surface area contributed by atoms with Crippen LogP contribution in [0.25, 0.3) is 0 Å². The molecule has 4 heteroatoms. The second-order valence-corrected chi connectivity index (χ2v) is 2.83. The lowest BCUT2D eigenvalue weighted by molar-refractivity contribution is 0.0654. The molecule has 0 atom stereocenters. The Labute approximate surface area is 78.5 Å². The fourth-order valence-corrected chi connectivity index (χ4v) is 0.990. The smallest absolute Gasteiger partial charge is 0.0701 e. The Bertz CT molecular complexity index is 235. The Morgan fingerprint density at radius 3 is 2.85 bits per heavy atom. The molecule has 0 saturated carbocycles. The van der Waals surface area contributed by atoms with E-state index < -0.39 is 0 Å². The van der Waals surface area contributed by atoms with Crippen LogP contribution in [-0.2, 0) is 16.0 Å². The summed E-state index contributed by atoms with van der Waals surface area (Å²) in [6, 6.07) is 1.98. The Morgan fingerprint density at radius 1 is 1.38 bits per heavy atom. The fraction of sp³-hybridized carbons (Fsp3) is 0.667. The molecule has 0 saturated heterocycles. The molecule has 0 radical (unpaired) electrons. The monoisotopic (exact) mass is 184 g/mol. The number of rotatable bonds is 6. The predicted octanol–water partition coefficient (Wildman–Crippen LogP) is 0.855. The van der Waals surface area contributed by atoms with Crippen molar-refractivity contribution in [2.45, 2.75) is 13.5 Å². The summed E-state index contributed by atoms with van der Waals surface area (Å²) in [4.78, 5) is 0. The summed E-state index contributed by atoms with van der Waals surface area (Å²) in [6.45, 7) is 4.76. The number of hydrogen-bond acceptors (Lipinski definition) is 3. The Morgan fingerprint density at radius 2 is 2.23 bits per heavy atom. The predicted molar refractivity (Wildman–Crippen MR) is 49.7 cm³/mol. The molecule has 0 unspecified atom stereocenters. The fourth-order valence-electron chi connectivity index (χ4n) is 0.990. The van der Waals surface area contributed by atoms with Crippen LogP contribution in [0.2, 0.25) is 0 Å². The van der Waals surface area contributed by atoms with Crippen LogP contribution in [0.3, 0.4) is 0 Å². The number of nitrogens with zero attached hydrogens (tertiary/aromatic N) is 2. The quantitative estimate of drug-likeness (QED) is 0.615. The van der Waals surface area contributed by atoms with Crippen molar-refractivity contribution in [2.24, 2.45) is 0 Å². The minimum absolute atomic E-state index is 0.650. The molecule has 1 aromatic heterocycles. The van der Waals surface area contributed by atoms with Crippen molar-refractivity contribution in [1.29, 1.82) is 0 Å². The van der Waals surface area contributed by atoms with Gasteiger partial charge in [-0.25, -0.2) is 0 Å². The maximum atomic E-state index is 5.30. The van der Waals surface area contributed by atoms with Crippen LogP contribution in [0.15, 0.2) is 12.3 Å². The topological polar surface area (TPSA) is 36.3 Å². The number of ether oxygens (including phenoxy) is 2. The highest BCUT2D eigenvalue weighted by atomic mass is 16.5. The Balaban J connectivity index is 2.06. The van der Waals surface area contributed by atoms with E-state index in [9.17, 15) is 0 Å². The van der Waals surface area contributed by atoms with Crippen LogP contribution in [-0.4, -0.2) is 36.7 Å². The van der Waals surface area contributed by atoms with E-state index in [1.165, 1.54) is 0 Å². The summed E-state index contributed by atoms with van der Waals surface area (Å²) in [5.74, 6) is 0. The zero-order valence-corrected chi connectivity index (χ0v) is 8.19. The van der Waals surface area contributed by atoms with E-state index in [4.69, 9.17) is 9.47 Å². The third kappa shape index (κ3) is 4.05. The van der Waals surface area contributed by atoms with Gasteiger partial charge in [0, 0.05) is 13.3 Å². The summed E-state index contributed by atoms with van der Waals surface area (Å²) in [6.07, 6.45) is 1.95. The number of methoxy groups -OCH3 is 1. The van der Waals surface area contributed by atoms with Crippen LogP contribution in [0.5, 0.6) is 0 Å². The molecule has 0 amide bonds. The van der Waals surface area contributed by atoms with E-state index >= 15 is 0 Å². The molecule has 1 rings (SSSR count). The van der Waals surface area contributed by atoms with Crippen molar-refractivity contribution in [2.75, 3.05) is 26.9 Å². The summed E-state index contributed by atoms with van der Waals surface area (Å²) < 4.78 is 12.0. The standard InChI is InChI=1S/C9H16N2O2/c1-9-3-4-11(10-9)5-6-13-8-7-12-2/h3-4H,5-8H2,1-2H3. The highest BCUT2D eigenvalue weighted by Crippen LogP contribution is 1.92. The zero-order chi connectivity index (χ0) is 9.52. The number of aromatic nitrogens is 2. The molecule has 0 aliphatic rings. The van der Waals surface area contributed by atoms with Crippen LogP contribution in [0, 0.1) is 6.92 Å². The van der Waals surface area contributed by atoms with E-state index in [1.54, 1.807) is 7.11 Å². The van der Waals surface area contributed by atoms with E-state index in [-0.39, 0.29) is 0 Å². The normalized spacial score (nSPS) is 10.6. The summed E-state index contributed by atoms with van der Waals surface area (Å²) in [5, 5.41) is 4.23. The second kappa shape index (κ2) is 5.72. The van der Waals surface area contributed by atoms with Crippen molar-refractivity contribution >= 4 is 0 Å². The maximum absolute atomic E-state index is 5.30. The lowest BCUT2D eigenvalue weighted by atomic mass is 10.5. The summed E-state index contributed by atoms with van der Waals surface area (Å²) in [7, 11) is 1.67. The minimum Gasteiger partial charge on any atom is -0.382 e. The summed E-state index contributed by atoms with van der Waals surface area (Å²) in [5.41, 5.74) is 1.04. The van der Waals surface area contributed by atoms with E-state index in [0.29, 0.717) is 19.8 Å². The first kappa shape index (κ1) is 10.2. The van der Waals surface area contributed by atoms with Crippen LogP contribution >= 0.6 is 0 Å². The molecule has 1 heterocycles. The SMILES string of the molecule is COCCOCCn1ccc(C)n1. The second-order valence-electron chi connectivity index (χ2n) is 2.83. The molecule has 4 nitrogen and oxygen atoms in total. The van der Waals surface area contributed by atoms with E-state index in [1.807, 2.05) is 23.9 Å². The third-order valence-electron chi connectivity index (χ3n) is 1.67. The van der Waals surface area contributed by atoms with Crippen molar-refractivity contribution in [3.63, 3.8) is 0 Å². The molecular weight excluding hydrogens is 168 g/mol. The van der Waals surface area contributed by atoms with Gasteiger partial charge in [-0.15, -0.1) is 0 Å². The van der Waals surface area contributed by atoms with Gasteiger partial charge in [-0.05, 0) is 13.0 Å². The van der Waals surface area contributed by atoms with Gasteiger partial charge >= 0.3 is 0 Å². The first-order valence-corrected chi connectivity index (χ1v) is 4.39. The minimum atomic E-state index is 0.650. The van der Waals surface area contributed by atoms with Crippen molar-refractivity contribution in [1.82, 2.24) is 9.78 Å². The molecule has 0 N–H and O–H groups in total. The van der Waals surface area contributed by atoms with Crippen LogP contribution < -0.4 is 0 Å². The van der Waals surface area contributed by atoms with E-state index in [2.05, 4.69) is 5.10 Å². The molecule has 0 aromatic carbocycles. The van der Waals surface area contributed by atoms with Gasteiger partial charge in [-0.2, -0.15) is 5.10 Å². The van der Waals surface area contributed by atoms with Crippen molar-refractivity contribution in [3.8, 4) is 0 Å². The van der Waals surface area contributed by atoms with Gasteiger partial charge < -0.3 is 9.47 Å². The van der Waals surface area contributed by atoms with Gasteiger partial charge in [0.2, 0.25) is 0 Å². The van der Waals surface area contributed by atoms with Crippen molar-refractivity contribution in [3.05, 3.63) is 18.0 Å². The van der Waals surface area contributed by atoms with Gasteiger partial charge in [-0.1, -0.05) is 0 Å². The average molecular weight is 184 g/mol. The van der Waals surface area contributed by atoms with Crippen molar-refractivity contribution < 1.29 is 9.47 Å².